The lowest BCUT2D eigenvalue weighted by atomic mass is 10.2. The molecule has 0 aliphatic carbocycles. The first-order valence-electron chi connectivity index (χ1n) is 10.3. The van der Waals surface area contributed by atoms with E-state index in [1.807, 2.05) is 19.1 Å². The van der Waals surface area contributed by atoms with Gasteiger partial charge >= 0.3 is 0 Å². The van der Waals surface area contributed by atoms with Crippen LogP contribution in [0.2, 0.25) is 0 Å². The van der Waals surface area contributed by atoms with Crippen molar-refractivity contribution in [2.24, 2.45) is 10.2 Å². The molecule has 0 saturated carbocycles. The summed E-state index contributed by atoms with van der Waals surface area (Å²) in [5, 5.41) is 19.5. The Morgan fingerprint density at radius 2 is 1.32 bits per heavy atom. The molecule has 0 radical (unpaired) electrons. The number of aryl methyl sites for hydroxylation is 1. The van der Waals surface area contributed by atoms with E-state index in [1.165, 1.54) is 23.4 Å². The lowest BCUT2D eigenvalue weighted by Crippen LogP contribution is -2.23. The number of methoxy groups -OCH3 is 2. The maximum Gasteiger partial charge on any atom is 0.290 e. The fraction of sp³-hybridized carbons (Fsp3) is 0.120. The van der Waals surface area contributed by atoms with Crippen molar-refractivity contribution in [1.82, 2.24) is 9.13 Å². The second-order valence-corrected chi connectivity index (χ2v) is 7.68. The molecular weight excluding hydrogens is 452 g/mol. The Hall–Kier alpha value is -4.24. The highest BCUT2D eigenvalue weighted by Gasteiger charge is 2.22. The van der Waals surface area contributed by atoms with Gasteiger partial charge in [0.25, 0.3) is 5.56 Å². The zero-order valence-electron chi connectivity index (χ0n) is 18.8. The Balaban J connectivity index is 2.06. The van der Waals surface area contributed by atoms with Gasteiger partial charge in [-0.2, -0.15) is 5.11 Å². The van der Waals surface area contributed by atoms with Gasteiger partial charge in [0.15, 0.2) is 4.77 Å². The number of hydrogen-bond donors (Lipinski definition) is 1. The molecule has 1 N–H and O–H groups in total. The van der Waals surface area contributed by atoms with E-state index >= 15 is 0 Å². The Morgan fingerprint density at radius 1 is 0.794 bits per heavy atom. The molecule has 0 amide bonds. The summed E-state index contributed by atoms with van der Waals surface area (Å²) in [4.78, 5) is 13.6. The van der Waals surface area contributed by atoms with Crippen LogP contribution in [0.25, 0.3) is 11.4 Å². The first-order valence-corrected chi connectivity index (χ1v) is 10.7. The molecule has 0 atom stereocenters. The third-order valence-corrected chi connectivity index (χ3v) is 5.53. The topological polar surface area (TPSA) is 90.3 Å². The third-order valence-electron chi connectivity index (χ3n) is 5.16. The average molecular weight is 475 g/mol. The maximum atomic E-state index is 13.6. The van der Waals surface area contributed by atoms with E-state index < -0.39 is 11.4 Å². The normalized spacial score (nSPS) is 11.0. The third kappa shape index (κ3) is 4.20. The highest BCUT2D eigenvalue weighted by Crippen LogP contribution is 2.33. The lowest BCUT2D eigenvalue weighted by molar-refractivity contribution is 0.400. The zero-order valence-corrected chi connectivity index (χ0v) is 19.6. The van der Waals surface area contributed by atoms with Crippen LogP contribution in [0.4, 0.5) is 11.4 Å². The minimum atomic E-state index is -0.644. The van der Waals surface area contributed by atoms with Gasteiger partial charge in [-0.05, 0) is 55.5 Å². The first kappa shape index (κ1) is 22.9. The van der Waals surface area contributed by atoms with Crippen molar-refractivity contribution in [3.8, 4) is 28.8 Å². The van der Waals surface area contributed by atoms with Gasteiger partial charge in [-0.1, -0.05) is 42.0 Å². The van der Waals surface area contributed by atoms with Gasteiger partial charge in [-0.15, -0.1) is 5.11 Å². The van der Waals surface area contributed by atoms with Crippen LogP contribution in [0.15, 0.2) is 87.8 Å². The summed E-state index contributed by atoms with van der Waals surface area (Å²) >= 11 is 5.68. The van der Waals surface area contributed by atoms with Crippen LogP contribution < -0.4 is 15.0 Å². The predicted octanol–water partition coefficient (Wildman–Crippen LogP) is 5.80. The van der Waals surface area contributed by atoms with Crippen molar-refractivity contribution in [3.05, 3.63) is 93.5 Å². The summed E-state index contributed by atoms with van der Waals surface area (Å²) in [6.07, 6.45) is 0. The summed E-state index contributed by atoms with van der Waals surface area (Å²) in [5.41, 5.74) is 1.49. The number of para-hydroxylation sites is 4. The number of aromatic nitrogens is 2. The molecular formula is C25H22N4O4S. The molecule has 1 aromatic heterocycles. The van der Waals surface area contributed by atoms with Gasteiger partial charge in [0.2, 0.25) is 11.6 Å². The number of rotatable bonds is 6. The second kappa shape index (κ2) is 9.72. The molecule has 3 aromatic carbocycles. The summed E-state index contributed by atoms with van der Waals surface area (Å²) in [5.74, 6) is 0.413. The Labute approximate surface area is 201 Å². The van der Waals surface area contributed by atoms with Crippen molar-refractivity contribution >= 4 is 23.6 Å². The van der Waals surface area contributed by atoms with Crippen molar-refractivity contribution in [1.29, 1.82) is 0 Å². The Bertz CT molecular complexity index is 1490. The van der Waals surface area contributed by atoms with E-state index in [2.05, 4.69) is 10.2 Å². The molecule has 0 fully saturated rings. The van der Waals surface area contributed by atoms with Crippen molar-refractivity contribution in [3.63, 3.8) is 0 Å². The standard InChI is InChI=1S/C25H22N4O4S/c1-16-12-14-17(15-13-16)26-27-22-23(30)28(18-8-4-6-10-20(18)32-2)25(34)29(24(22)31)19-9-5-7-11-21(19)33-3/h4-15,30H,1-3H3. The smallest absolute Gasteiger partial charge is 0.290 e. The number of ether oxygens (including phenoxy) is 2. The number of benzene rings is 3. The monoisotopic (exact) mass is 474 g/mol. The van der Waals surface area contributed by atoms with Crippen LogP contribution >= 0.6 is 12.2 Å². The molecule has 9 heteroatoms. The molecule has 8 nitrogen and oxygen atoms in total. The van der Waals surface area contributed by atoms with Gasteiger partial charge in [0.05, 0.1) is 31.3 Å². The highest BCUT2D eigenvalue weighted by atomic mass is 32.1. The molecule has 0 aliphatic rings. The fourth-order valence-electron chi connectivity index (χ4n) is 3.45. The highest BCUT2D eigenvalue weighted by molar-refractivity contribution is 7.71. The molecule has 172 valence electrons. The summed E-state index contributed by atoms with van der Waals surface area (Å²) < 4.78 is 13.5. The molecule has 0 unspecified atom stereocenters. The minimum Gasteiger partial charge on any atom is -0.495 e. The fourth-order valence-corrected chi connectivity index (χ4v) is 3.82. The number of hydrogen-bond acceptors (Lipinski definition) is 7. The van der Waals surface area contributed by atoms with Gasteiger partial charge in [0, 0.05) is 0 Å². The molecule has 0 aliphatic heterocycles. The summed E-state index contributed by atoms with van der Waals surface area (Å²) in [6.45, 7) is 1.96. The van der Waals surface area contributed by atoms with E-state index in [9.17, 15) is 9.90 Å². The van der Waals surface area contributed by atoms with Crippen LogP contribution in [0.1, 0.15) is 5.56 Å². The number of aromatic hydroxyl groups is 1. The van der Waals surface area contributed by atoms with Crippen molar-refractivity contribution in [2.75, 3.05) is 14.2 Å². The van der Waals surface area contributed by atoms with Gasteiger partial charge < -0.3 is 14.6 Å². The summed E-state index contributed by atoms with van der Waals surface area (Å²) in [6, 6.07) is 21.2. The second-order valence-electron chi connectivity index (χ2n) is 7.31. The van der Waals surface area contributed by atoms with Gasteiger partial charge in [0.1, 0.15) is 11.5 Å². The van der Waals surface area contributed by atoms with E-state index in [0.717, 1.165) is 5.56 Å². The minimum absolute atomic E-state index is 0.00536. The SMILES string of the molecule is COc1ccccc1-n1c(O)c(N=Nc2ccc(C)cc2)c(=O)n(-c2ccccc2OC)c1=S. The van der Waals surface area contributed by atoms with Crippen LogP contribution in [0.5, 0.6) is 17.4 Å². The van der Waals surface area contributed by atoms with Crippen LogP contribution in [0.3, 0.4) is 0 Å². The number of azo groups is 1. The van der Waals surface area contributed by atoms with E-state index in [4.69, 9.17) is 21.7 Å². The summed E-state index contributed by atoms with van der Waals surface area (Å²) in [7, 11) is 3.01. The van der Waals surface area contributed by atoms with E-state index in [-0.39, 0.29) is 10.5 Å². The van der Waals surface area contributed by atoms with E-state index in [0.29, 0.717) is 28.6 Å². The molecule has 0 bridgehead atoms. The average Bonchev–Trinajstić information content (AvgIpc) is 2.85. The molecule has 34 heavy (non-hydrogen) atoms. The quantitative estimate of drug-likeness (QED) is 0.282. The molecule has 4 aromatic rings. The predicted molar refractivity (Wildman–Crippen MR) is 132 cm³/mol. The molecule has 1 heterocycles. The first-order chi connectivity index (χ1) is 16.5. The zero-order chi connectivity index (χ0) is 24.2. The Kier molecular flexibility index (Phi) is 6.55. The van der Waals surface area contributed by atoms with Crippen LogP contribution in [-0.2, 0) is 0 Å². The van der Waals surface area contributed by atoms with Gasteiger partial charge in [-0.3, -0.25) is 9.36 Å². The van der Waals surface area contributed by atoms with Crippen molar-refractivity contribution < 1.29 is 14.6 Å². The van der Waals surface area contributed by atoms with Crippen LogP contribution in [-0.4, -0.2) is 28.5 Å². The maximum absolute atomic E-state index is 13.6. The molecule has 0 spiro atoms. The largest absolute Gasteiger partial charge is 0.495 e. The van der Waals surface area contributed by atoms with Crippen LogP contribution in [0, 0.1) is 11.7 Å². The van der Waals surface area contributed by atoms with Gasteiger partial charge in [-0.25, -0.2) is 4.57 Å². The molecule has 4 rings (SSSR count). The molecule has 0 saturated heterocycles. The van der Waals surface area contributed by atoms with Crippen molar-refractivity contribution in [2.45, 2.75) is 6.92 Å². The van der Waals surface area contributed by atoms with E-state index in [1.54, 1.807) is 60.7 Å². The number of nitrogens with zero attached hydrogens (tertiary/aromatic N) is 4. The Morgan fingerprint density at radius 3 is 1.88 bits per heavy atom. The lowest BCUT2D eigenvalue weighted by Gasteiger charge is -2.18.